The normalized spacial score (nSPS) is 20.4. The fourth-order valence-corrected chi connectivity index (χ4v) is 2.94. The third-order valence-electron chi connectivity index (χ3n) is 2.71. The predicted octanol–water partition coefficient (Wildman–Crippen LogP) is 2.76. The molecule has 0 radical (unpaired) electrons. The molecular formula is C11H13BrO3S. The maximum atomic E-state index is 11.4. The number of halogens is 1. The van der Waals surface area contributed by atoms with Crippen molar-refractivity contribution in [2.45, 2.75) is 25.4 Å². The molecule has 0 heterocycles. The summed E-state index contributed by atoms with van der Waals surface area (Å²) < 4.78 is 27.8. The highest BCUT2D eigenvalue weighted by Crippen LogP contribution is 2.33. The summed E-state index contributed by atoms with van der Waals surface area (Å²) >= 11 is 2.92. The fraction of sp³-hybridized carbons (Fsp3) is 0.455. The highest BCUT2D eigenvalue weighted by atomic mass is 79.9. The molecule has 0 fully saturated rings. The van der Waals surface area contributed by atoms with Crippen molar-refractivity contribution in [1.29, 1.82) is 0 Å². The zero-order valence-corrected chi connectivity index (χ0v) is 11.1. The maximum absolute atomic E-state index is 11.4. The minimum Gasteiger partial charge on any atom is -0.261 e. The van der Waals surface area contributed by atoms with Gasteiger partial charge in [-0.2, -0.15) is 8.42 Å². The number of alkyl halides is 1. The Morgan fingerprint density at radius 2 is 2.12 bits per heavy atom. The molecule has 5 heteroatoms. The van der Waals surface area contributed by atoms with Gasteiger partial charge in [0.05, 0.1) is 0 Å². The second-order valence-corrected chi connectivity index (χ2v) is 6.74. The first-order valence-electron chi connectivity index (χ1n) is 5.17. The first-order valence-corrected chi connectivity index (χ1v) is 7.87. The van der Waals surface area contributed by atoms with E-state index < -0.39 is 10.1 Å². The van der Waals surface area contributed by atoms with E-state index in [4.69, 9.17) is 4.18 Å². The van der Waals surface area contributed by atoms with Gasteiger partial charge in [0.15, 0.2) is 0 Å². The summed E-state index contributed by atoms with van der Waals surface area (Å²) in [6.45, 7) is 0. The van der Waals surface area contributed by atoms with Crippen molar-refractivity contribution in [3.8, 4) is 0 Å². The molecule has 88 valence electrons. The Morgan fingerprint density at radius 3 is 2.88 bits per heavy atom. The zero-order valence-electron chi connectivity index (χ0n) is 8.73. The summed E-state index contributed by atoms with van der Waals surface area (Å²) in [6, 6.07) is 7.87. The van der Waals surface area contributed by atoms with Crippen molar-refractivity contribution in [2.75, 3.05) is 4.66 Å². The van der Waals surface area contributed by atoms with Gasteiger partial charge in [-0.15, -0.1) is 0 Å². The van der Waals surface area contributed by atoms with Gasteiger partial charge in [-0.25, -0.2) is 0 Å². The third-order valence-corrected chi connectivity index (χ3v) is 5.19. The third kappa shape index (κ3) is 2.64. The van der Waals surface area contributed by atoms with Gasteiger partial charge in [0, 0.05) is 0 Å². The lowest BCUT2D eigenvalue weighted by Gasteiger charge is -2.24. The van der Waals surface area contributed by atoms with E-state index in [0.29, 0.717) is 0 Å². The SMILES string of the molecule is O=S(=O)(CBr)OC1CCCc2ccccc21. The molecule has 1 atom stereocenters. The van der Waals surface area contributed by atoms with Crippen LogP contribution in [0.25, 0.3) is 0 Å². The van der Waals surface area contributed by atoms with Gasteiger partial charge in [-0.05, 0) is 30.4 Å². The lowest BCUT2D eigenvalue weighted by molar-refractivity contribution is 0.193. The molecule has 1 aromatic rings. The van der Waals surface area contributed by atoms with Crippen molar-refractivity contribution in [3.63, 3.8) is 0 Å². The number of hydrogen-bond acceptors (Lipinski definition) is 3. The van der Waals surface area contributed by atoms with Gasteiger partial charge < -0.3 is 0 Å². The lowest BCUT2D eigenvalue weighted by atomic mass is 9.90. The van der Waals surface area contributed by atoms with Crippen LogP contribution in [0.5, 0.6) is 0 Å². The Morgan fingerprint density at radius 1 is 1.38 bits per heavy atom. The molecule has 0 aromatic heterocycles. The van der Waals surface area contributed by atoms with Gasteiger partial charge in [0.2, 0.25) is 0 Å². The molecule has 1 aliphatic rings. The van der Waals surface area contributed by atoms with Crippen molar-refractivity contribution in [1.82, 2.24) is 0 Å². The molecule has 1 unspecified atom stereocenters. The van der Waals surface area contributed by atoms with Crippen molar-refractivity contribution >= 4 is 26.0 Å². The van der Waals surface area contributed by atoms with Crippen molar-refractivity contribution in [2.24, 2.45) is 0 Å². The van der Waals surface area contributed by atoms with Crippen LogP contribution in [-0.2, 0) is 20.7 Å². The average molecular weight is 305 g/mol. The summed E-state index contributed by atoms with van der Waals surface area (Å²) in [4.78, 5) is 0. The van der Waals surface area contributed by atoms with E-state index in [-0.39, 0.29) is 10.8 Å². The highest BCUT2D eigenvalue weighted by molar-refractivity contribution is 9.10. The molecule has 0 amide bonds. The molecule has 3 nitrogen and oxygen atoms in total. The van der Waals surface area contributed by atoms with Crippen LogP contribution in [0.2, 0.25) is 0 Å². The molecule has 0 spiro atoms. The Hall–Kier alpha value is -0.390. The fourth-order valence-electron chi connectivity index (χ4n) is 2.01. The first-order chi connectivity index (χ1) is 7.62. The quantitative estimate of drug-likeness (QED) is 0.637. The van der Waals surface area contributed by atoms with Crippen LogP contribution in [0.1, 0.15) is 30.1 Å². The summed E-state index contributed by atoms with van der Waals surface area (Å²) in [5, 5.41) is 0. The number of fused-ring (bicyclic) bond motifs is 1. The Kier molecular flexibility index (Phi) is 3.66. The van der Waals surface area contributed by atoms with Gasteiger partial charge in [0.1, 0.15) is 10.8 Å². The van der Waals surface area contributed by atoms with Crippen LogP contribution in [0, 0.1) is 0 Å². The van der Waals surface area contributed by atoms with Crippen LogP contribution in [0.4, 0.5) is 0 Å². The van der Waals surface area contributed by atoms with Gasteiger partial charge in [0.25, 0.3) is 10.1 Å². The van der Waals surface area contributed by atoms with Gasteiger partial charge in [-0.1, -0.05) is 40.2 Å². The summed E-state index contributed by atoms with van der Waals surface area (Å²) in [5.74, 6) is 0. The summed E-state index contributed by atoms with van der Waals surface area (Å²) in [6.07, 6.45) is 2.43. The molecule has 0 aliphatic heterocycles. The van der Waals surface area contributed by atoms with Gasteiger partial charge in [-0.3, -0.25) is 4.18 Å². The van der Waals surface area contributed by atoms with E-state index in [1.165, 1.54) is 5.56 Å². The molecule has 0 saturated heterocycles. The molecule has 1 aliphatic carbocycles. The second-order valence-electron chi connectivity index (χ2n) is 3.84. The van der Waals surface area contributed by atoms with E-state index >= 15 is 0 Å². The van der Waals surface area contributed by atoms with E-state index in [1.807, 2.05) is 24.3 Å². The Bertz CT molecular complexity index is 470. The topological polar surface area (TPSA) is 43.4 Å². The Labute approximate surface area is 104 Å². The number of hydrogen-bond donors (Lipinski definition) is 0. The zero-order chi connectivity index (χ0) is 11.6. The van der Waals surface area contributed by atoms with Crippen LogP contribution in [0.3, 0.4) is 0 Å². The van der Waals surface area contributed by atoms with E-state index in [0.717, 1.165) is 24.8 Å². The highest BCUT2D eigenvalue weighted by Gasteiger charge is 2.25. The smallest absolute Gasteiger partial charge is 0.261 e. The van der Waals surface area contributed by atoms with E-state index in [2.05, 4.69) is 15.9 Å². The first kappa shape index (κ1) is 12.1. The lowest BCUT2D eigenvalue weighted by Crippen LogP contribution is -2.17. The predicted molar refractivity (Wildman–Crippen MR) is 65.9 cm³/mol. The van der Waals surface area contributed by atoms with E-state index in [1.54, 1.807) is 0 Å². The number of benzene rings is 1. The maximum Gasteiger partial charge on any atom is 0.278 e. The molecule has 1 aromatic carbocycles. The molecule has 0 bridgehead atoms. The molecule has 16 heavy (non-hydrogen) atoms. The monoisotopic (exact) mass is 304 g/mol. The average Bonchev–Trinajstić information content (AvgIpc) is 2.29. The number of rotatable bonds is 3. The van der Waals surface area contributed by atoms with Crippen molar-refractivity contribution < 1.29 is 12.6 Å². The standard InChI is InChI=1S/C11H13BrO3S/c12-8-16(13,14)15-11-7-3-5-9-4-1-2-6-10(9)11/h1-2,4,6,11H,3,5,7-8H2. The minimum absolute atomic E-state index is 0.154. The Balaban J connectivity index is 2.26. The number of aryl methyl sites for hydroxylation is 1. The van der Waals surface area contributed by atoms with Crippen molar-refractivity contribution in [3.05, 3.63) is 35.4 Å². The largest absolute Gasteiger partial charge is 0.278 e. The minimum atomic E-state index is -3.45. The molecular weight excluding hydrogens is 292 g/mol. The van der Waals surface area contributed by atoms with Crippen LogP contribution in [-0.4, -0.2) is 13.1 Å². The van der Waals surface area contributed by atoms with E-state index in [9.17, 15) is 8.42 Å². The van der Waals surface area contributed by atoms with Gasteiger partial charge >= 0.3 is 0 Å². The summed E-state index contributed by atoms with van der Waals surface area (Å²) in [5.41, 5.74) is 2.21. The van der Waals surface area contributed by atoms with Crippen LogP contribution < -0.4 is 0 Å². The van der Waals surface area contributed by atoms with Crippen LogP contribution >= 0.6 is 15.9 Å². The molecule has 2 rings (SSSR count). The molecule has 0 N–H and O–H groups in total. The molecule has 0 saturated carbocycles. The second kappa shape index (κ2) is 4.85. The van der Waals surface area contributed by atoms with Crippen LogP contribution in [0.15, 0.2) is 24.3 Å². The summed E-state index contributed by atoms with van der Waals surface area (Å²) in [7, 11) is -3.45.